The summed E-state index contributed by atoms with van der Waals surface area (Å²) in [6, 6.07) is 10.5. The third-order valence-electron chi connectivity index (χ3n) is 12.9. The van der Waals surface area contributed by atoms with E-state index in [2.05, 4.69) is 14.8 Å². The number of hydrogen-bond acceptors (Lipinski definition) is 12. The van der Waals surface area contributed by atoms with Gasteiger partial charge in [-0.15, -0.1) is 0 Å². The molecule has 0 unspecified atom stereocenters. The van der Waals surface area contributed by atoms with Crippen molar-refractivity contribution in [1.29, 1.82) is 0 Å². The summed E-state index contributed by atoms with van der Waals surface area (Å²) in [6.45, 7) is 14.2. The molecular weight excluding hydrogens is 765 g/mol. The van der Waals surface area contributed by atoms with Gasteiger partial charge in [0, 0.05) is 35.2 Å². The molecule has 1 saturated carbocycles. The summed E-state index contributed by atoms with van der Waals surface area (Å²) in [4.78, 5) is 35.3. The van der Waals surface area contributed by atoms with E-state index in [1.807, 2.05) is 83.2 Å². The highest BCUT2D eigenvalue weighted by atomic mass is 32.2. The average Bonchev–Trinajstić information content (AvgIpc) is 3.82. The normalized spacial score (nSPS) is 23.9. The number of carbonyl (C=O) groups is 2. The lowest BCUT2D eigenvalue weighted by Crippen LogP contribution is -2.68. The zero-order chi connectivity index (χ0) is 41.2. The third-order valence-corrected chi connectivity index (χ3v) is 18.6. The molecule has 1 saturated heterocycles. The highest BCUT2D eigenvalue weighted by molar-refractivity contribution is 7.92. The zero-order valence-electron chi connectivity index (χ0n) is 34.5. The number of aromatic nitrogens is 1. The summed E-state index contributed by atoms with van der Waals surface area (Å²) in [6.07, 6.45) is 2.70. The van der Waals surface area contributed by atoms with Gasteiger partial charge in [0.1, 0.15) is 23.7 Å². The minimum atomic E-state index is -3.78. The van der Waals surface area contributed by atoms with Crippen LogP contribution in [0.4, 0.5) is 5.69 Å². The van der Waals surface area contributed by atoms with Crippen LogP contribution in [0, 0.1) is 18.8 Å². The first-order chi connectivity index (χ1) is 26.8. The number of ketones is 2. The summed E-state index contributed by atoms with van der Waals surface area (Å²) in [5, 5.41) is 16.3. The second-order valence-electron chi connectivity index (χ2n) is 17.7. The van der Waals surface area contributed by atoms with Gasteiger partial charge in [0.15, 0.2) is 19.7 Å². The number of rotatable bonds is 12. The van der Waals surface area contributed by atoms with Gasteiger partial charge in [-0.2, -0.15) is 0 Å². The minimum absolute atomic E-state index is 0.0216. The summed E-state index contributed by atoms with van der Waals surface area (Å²) in [5.41, 5.74) is 0.642. The predicted molar refractivity (Wildman–Crippen MR) is 220 cm³/mol. The summed E-state index contributed by atoms with van der Waals surface area (Å²) < 4.78 is 54.8. The molecule has 0 radical (unpaired) electrons. The molecule has 0 bridgehead atoms. The van der Waals surface area contributed by atoms with Gasteiger partial charge >= 0.3 is 0 Å². The Balaban J connectivity index is 1.36. The Morgan fingerprint density at radius 1 is 1.09 bits per heavy atom. The van der Waals surface area contributed by atoms with E-state index in [-0.39, 0.29) is 40.8 Å². The fourth-order valence-electron chi connectivity index (χ4n) is 8.94. The van der Waals surface area contributed by atoms with Gasteiger partial charge in [0.05, 0.1) is 24.6 Å². The SMILES string of the molecule is COc1cc(NS(=O)(=O)CCN2CCCC2)c(C)c2c1C[C@H]1C[C@H]3[C@H](N(C)C)c4onc(OCc5ccccc5)c4C(=O)[C@@]3(O[Si](C)(C)C(C)(C)C)C(=O)C1=C2O. The topological polar surface area (TPSA) is 161 Å². The second kappa shape index (κ2) is 15.0. The van der Waals surface area contributed by atoms with Crippen molar-refractivity contribution in [1.82, 2.24) is 15.0 Å². The monoisotopic (exact) mass is 820 g/mol. The predicted octanol–water partition coefficient (Wildman–Crippen LogP) is 6.70. The first kappa shape index (κ1) is 41.1. The van der Waals surface area contributed by atoms with E-state index in [1.54, 1.807) is 13.0 Å². The Bertz CT molecular complexity index is 2210. The van der Waals surface area contributed by atoms with E-state index in [4.69, 9.17) is 18.4 Å². The van der Waals surface area contributed by atoms with Crippen molar-refractivity contribution in [3.05, 3.63) is 75.5 Å². The molecule has 57 heavy (non-hydrogen) atoms. The molecule has 2 heterocycles. The quantitative estimate of drug-likeness (QED) is 0.147. The minimum Gasteiger partial charge on any atom is -0.507 e. The second-order valence-corrected chi connectivity index (χ2v) is 24.3. The number of carbonyl (C=O) groups excluding carboxylic acids is 2. The van der Waals surface area contributed by atoms with E-state index in [9.17, 15) is 13.5 Å². The van der Waals surface area contributed by atoms with E-state index < -0.39 is 58.4 Å². The number of ether oxygens (including phenoxy) is 2. The van der Waals surface area contributed by atoms with Crippen LogP contribution in [-0.4, -0.2) is 101 Å². The van der Waals surface area contributed by atoms with Gasteiger partial charge in [-0.05, 0) is 100 Å². The van der Waals surface area contributed by atoms with Crippen LogP contribution >= 0.6 is 0 Å². The van der Waals surface area contributed by atoms with E-state index in [0.29, 0.717) is 47.6 Å². The first-order valence-electron chi connectivity index (χ1n) is 19.8. The first-order valence-corrected chi connectivity index (χ1v) is 24.4. The Morgan fingerprint density at radius 3 is 2.40 bits per heavy atom. The lowest BCUT2D eigenvalue weighted by Gasteiger charge is -2.55. The van der Waals surface area contributed by atoms with Crippen molar-refractivity contribution in [2.24, 2.45) is 11.8 Å². The van der Waals surface area contributed by atoms with Crippen LogP contribution in [0.5, 0.6) is 11.6 Å². The molecule has 308 valence electrons. The van der Waals surface area contributed by atoms with E-state index >= 15 is 9.59 Å². The maximum atomic E-state index is 15.7. The molecule has 2 fully saturated rings. The number of Topliss-reactive ketones (excluding diaryl/α,β-unsaturated/α-hetero) is 2. The number of benzene rings is 2. The summed E-state index contributed by atoms with van der Waals surface area (Å²) in [7, 11) is -1.47. The van der Waals surface area contributed by atoms with Crippen LogP contribution in [0.2, 0.25) is 18.1 Å². The lowest BCUT2D eigenvalue weighted by molar-refractivity contribution is -0.140. The summed E-state index contributed by atoms with van der Waals surface area (Å²) >= 11 is 0. The largest absolute Gasteiger partial charge is 0.507 e. The molecule has 13 nitrogen and oxygen atoms in total. The molecule has 0 amide bonds. The molecule has 1 aliphatic heterocycles. The fourth-order valence-corrected chi connectivity index (χ4v) is 11.5. The van der Waals surface area contributed by atoms with Crippen LogP contribution in [0.15, 0.2) is 46.5 Å². The van der Waals surface area contributed by atoms with Crippen molar-refractivity contribution in [3.8, 4) is 11.6 Å². The smallest absolute Gasteiger partial charge is 0.265 e. The molecule has 2 N–H and O–H groups in total. The molecule has 3 aromatic rings. The van der Waals surface area contributed by atoms with Crippen LogP contribution in [0.25, 0.3) is 5.76 Å². The number of methoxy groups -OCH3 is 1. The van der Waals surface area contributed by atoms with Gasteiger partial charge in [0.25, 0.3) is 5.88 Å². The van der Waals surface area contributed by atoms with Gasteiger partial charge < -0.3 is 28.4 Å². The van der Waals surface area contributed by atoms with Crippen molar-refractivity contribution in [2.75, 3.05) is 51.3 Å². The fraction of sp³-hybridized carbons (Fsp3) is 0.548. The molecule has 2 aromatic carbocycles. The Kier molecular flexibility index (Phi) is 10.8. The van der Waals surface area contributed by atoms with Gasteiger partial charge in [-0.25, -0.2) is 8.42 Å². The highest BCUT2D eigenvalue weighted by Gasteiger charge is 2.69. The maximum Gasteiger partial charge on any atom is 0.265 e. The molecule has 4 aliphatic rings. The number of anilines is 1. The maximum absolute atomic E-state index is 15.7. The van der Waals surface area contributed by atoms with Crippen molar-refractivity contribution in [3.63, 3.8) is 0 Å². The van der Waals surface area contributed by atoms with Gasteiger partial charge in [-0.3, -0.25) is 19.2 Å². The van der Waals surface area contributed by atoms with Crippen LogP contribution in [0.3, 0.4) is 0 Å². The number of nitrogens with one attached hydrogen (secondary N) is 1. The van der Waals surface area contributed by atoms with Crippen molar-refractivity contribution >= 4 is 41.4 Å². The number of aliphatic hydroxyl groups excluding tert-OH is 1. The Morgan fingerprint density at radius 2 is 1.77 bits per heavy atom. The Hall–Kier alpha value is -4.02. The highest BCUT2D eigenvalue weighted by Crippen LogP contribution is 2.59. The molecule has 0 spiro atoms. The van der Waals surface area contributed by atoms with Crippen molar-refractivity contribution < 1.29 is 41.5 Å². The number of sulfonamides is 1. The third kappa shape index (κ3) is 7.13. The lowest BCUT2D eigenvalue weighted by atomic mass is 9.57. The van der Waals surface area contributed by atoms with Crippen LogP contribution in [-0.2, 0) is 32.3 Å². The summed E-state index contributed by atoms with van der Waals surface area (Å²) in [5.74, 6) is -2.16. The molecule has 15 heteroatoms. The van der Waals surface area contributed by atoms with Gasteiger partial charge in [-0.1, -0.05) is 51.1 Å². The number of nitrogens with zero attached hydrogens (tertiary/aromatic N) is 3. The standard InChI is InChI=1S/C42H56N4O9SSi/c1-25-30(44-56(50,51)20-19-46-17-13-14-18-46)23-31(52-7)28-21-27-22-29-35(45(5)6)37-34(40(43-54-37)53-24-26-15-11-10-12-16-26)39(49)42(29,55-57(8,9)41(2,3)4)38(48)33(27)36(47)32(25)28/h10-12,15-16,23,27,29,35,44,47H,13-14,17-22,24H2,1-9H3/t27-,29-,35-,42-/m0/s1. The molecular formula is C42H56N4O9SSi. The molecule has 7 rings (SSSR count). The molecule has 3 aliphatic carbocycles. The molecule has 4 atom stereocenters. The van der Waals surface area contributed by atoms with Gasteiger partial charge in [0.2, 0.25) is 21.6 Å². The number of fused-ring (bicyclic) bond motifs is 4. The zero-order valence-corrected chi connectivity index (χ0v) is 36.3. The van der Waals surface area contributed by atoms with E-state index in [0.717, 1.165) is 31.5 Å². The molecule has 1 aromatic heterocycles. The van der Waals surface area contributed by atoms with E-state index in [1.165, 1.54) is 7.11 Å². The van der Waals surface area contributed by atoms with Crippen LogP contribution in [0.1, 0.15) is 84.4 Å². The Labute approximate surface area is 336 Å². The number of hydrogen-bond donors (Lipinski definition) is 2. The average molecular weight is 821 g/mol. The van der Waals surface area contributed by atoms with Crippen LogP contribution < -0.4 is 14.2 Å². The number of likely N-dealkylation sites (tertiary alicyclic amines) is 1. The number of aliphatic hydroxyl groups is 1. The van der Waals surface area contributed by atoms with Crippen molar-refractivity contribution in [2.45, 2.75) is 89.8 Å².